The maximum atomic E-state index is 13.3. The van der Waals surface area contributed by atoms with Crippen molar-refractivity contribution in [3.8, 4) is 5.75 Å². The zero-order valence-electron chi connectivity index (χ0n) is 22.2. The number of carbonyl (C=O) groups is 1. The van der Waals surface area contributed by atoms with Crippen LogP contribution in [0.2, 0.25) is 0 Å². The summed E-state index contributed by atoms with van der Waals surface area (Å²) < 4.78 is 77.5. The second-order valence-electron chi connectivity index (χ2n) is 10.0. The maximum Gasteiger partial charge on any atom is 0.416 e. The standard InChI is InChI=1S/C28H35F3N2O5S/c1-3-32(4-2)23-14-13-21(18-33(19-24-11-7-15-37-24)27(34)20-8-5-9-20)26(17-23)38-39(35,36)25-12-6-10-22(16-25)28(29,30)31/h6,10,12-14,16-17,20,24H,3-5,7-9,11,15,18-19H2,1-2H3/t24-/m0/s1. The van der Waals surface area contributed by atoms with E-state index in [0.29, 0.717) is 43.6 Å². The Morgan fingerprint density at radius 2 is 1.79 bits per heavy atom. The van der Waals surface area contributed by atoms with Gasteiger partial charge < -0.3 is 18.7 Å². The van der Waals surface area contributed by atoms with Crippen molar-refractivity contribution in [1.29, 1.82) is 0 Å². The van der Waals surface area contributed by atoms with E-state index in [4.69, 9.17) is 8.92 Å². The number of ether oxygens (including phenoxy) is 1. The fourth-order valence-electron chi connectivity index (χ4n) is 4.92. The summed E-state index contributed by atoms with van der Waals surface area (Å²) in [6.45, 7) is 6.34. The summed E-state index contributed by atoms with van der Waals surface area (Å²) >= 11 is 0. The van der Waals surface area contributed by atoms with Crippen molar-refractivity contribution in [1.82, 2.24) is 4.90 Å². The van der Waals surface area contributed by atoms with Crippen LogP contribution in [0.25, 0.3) is 0 Å². The number of halogens is 3. The lowest BCUT2D eigenvalue weighted by molar-refractivity contribution is -0.140. The van der Waals surface area contributed by atoms with Crippen LogP contribution in [0.1, 0.15) is 57.1 Å². The van der Waals surface area contributed by atoms with Gasteiger partial charge in [0.25, 0.3) is 0 Å². The van der Waals surface area contributed by atoms with Crippen LogP contribution in [0, 0.1) is 5.92 Å². The van der Waals surface area contributed by atoms with E-state index in [1.54, 1.807) is 17.0 Å². The van der Waals surface area contributed by atoms with Crippen LogP contribution in [0.5, 0.6) is 5.75 Å². The van der Waals surface area contributed by atoms with Gasteiger partial charge in [0.05, 0.1) is 11.7 Å². The second-order valence-corrected chi connectivity index (χ2v) is 11.6. The molecule has 2 fully saturated rings. The van der Waals surface area contributed by atoms with Crippen molar-refractivity contribution in [2.75, 3.05) is 31.1 Å². The van der Waals surface area contributed by atoms with Gasteiger partial charge in [0.1, 0.15) is 10.6 Å². The minimum atomic E-state index is -4.70. The van der Waals surface area contributed by atoms with Crippen LogP contribution in [0.3, 0.4) is 0 Å². The van der Waals surface area contributed by atoms with E-state index < -0.39 is 26.8 Å². The molecule has 1 aliphatic carbocycles. The molecule has 0 N–H and O–H groups in total. The Balaban J connectivity index is 1.69. The first kappa shape index (κ1) is 29.2. The number of hydrogen-bond donors (Lipinski definition) is 0. The lowest BCUT2D eigenvalue weighted by Gasteiger charge is -2.33. The predicted octanol–water partition coefficient (Wildman–Crippen LogP) is 5.63. The molecule has 1 aliphatic heterocycles. The van der Waals surface area contributed by atoms with Gasteiger partial charge in [0, 0.05) is 56.0 Å². The molecular formula is C28H35F3N2O5S. The smallest absolute Gasteiger partial charge is 0.379 e. The molecular weight excluding hydrogens is 533 g/mol. The monoisotopic (exact) mass is 568 g/mol. The lowest BCUT2D eigenvalue weighted by Crippen LogP contribution is -2.42. The van der Waals surface area contributed by atoms with Gasteiger partial charge in [-0.1, -0.05) is 18.6 Å². The number of alkyl halides is 3. The van der Waals surface area contributed by atoms with E-state index in [9.17, 15) is 26.4 Å². The number of carbonyl (C=O) groups excluding carboxylic acids is 1. The Bertz CT molecular complexity index is 1250. The normalized spacial score (nSPS) is 18.0. The molecule has 2 aliphatic rings. The molecule has 1 atom stereocenters. The van der Waals surface area contributed by atoms with Crippen molar-refractivity contribution in [2.24, 2.45) is 5.92 Å². The quantitative estimate of drug-likeness (QED) is 0.327. The summed E-state index contributed by atoms with van der Waals surface area (Å²) in [6, 6.07) is 8.61. The molecule has 1 heterocycles. The summed E-state index contributed by atoms with van der Waals surface area (Å²) in [5.74, 6) is -0.0913. The molecule has 0 spiro atoms. The van der Waals surface area contributed by atoms with Crippen LogP contribution in [0.15, 0.2) is 47.4 Å². The number of benzene rings is 2. The number of amides is 1. The van der Waals surface area contributed by atoms with E-state index in [0.717, 1.165) is 50.3 Å². The van der Waals surface area contributed by atoms with Crippen LogP contribution >= 0.6 is 0 Å². The first-order valence-electron chi connectivity index (χ1n) is 13.4. The number of hydrogen-bond acceptors (Lipinski definition) is 6. The molecule has 1 saturated carbocycles. The summed E-state index contributed by atoms with van der Waals surface area (Å²) in [6.07, 6.45) is -0.427. The van der Waals surface area contributed by atoms with E-state index in [1.807, 2.05) is 24.8 Å². The molecule has 2 aromatic rings. The van der Waals surface area contributed by atoms with Gasteiger partial charge >= 0.3 is 16.3 Å². The second kappa shape index (κ2) is 12.2. The Morgan fingerprint density at radius 1 is 1.05 bits per heavy atom. The maximum absolute atomic E-state index is 13.3. The van der Waals surface area contributed by atoms with Crippen molar-refractivity contribution in [2.45, 2.75) is 69.7 Å². The zero-order valence-corrected chi connectivity index (χ0v) is 23.1. The summed E-state index contributed by atoms with van der Waals surface area (Å²) in [4.78, 5) is 16.4. The van der Waals surface area contributed by atoms with Crippen molar-refractivity contribution in [3.63, 3.8) is 0 Å². The van der Waals surface area contributed by atoms with Crippen LogP contribution in [0.4, 0.5) is 18.9 Å². The zero-order chi connectivity index (χ0) is 28.2. The van der Waals surface area contributed by atoms with Gasteiger partial charge in [0.2, 0.25) is 5.91 Å². The number of nitrogens with zero attached hydrogens (tertiary/aromatic N) is 2. The minimum Gasteiger partial charge on any atom is -0.379 e. The third kappa shape index (κ3) is 7.05. The van der Waals surface area contributed by atoms with Gasteiger partial charge in [0.15, 0.2) is 0 Å². The minimum absolute atomic E-state index is 0.00347. The lowest BCUT2D eigenvalue weighted by atomic mass is 9.84. The van der Waals surface area contributed by atoms with Gasteiger partial charge in [-0.05, 0) is 63.8 Å². The van der Waals surface area contributed by atoms with Gasteiger partial charge in [-0.3, -0.25) is 4.79 Å². The molecule has 2 aromatic carbocycles. The fourth-order valence-corrected chi connectivity index (χ4v) is 5.92. The molecule has 4 rings (SSSR count). The average Bonchev–Trinajstić information content (AvgIpc) is 3.37. The van der Waals surface area contributed by atoms with E-state index in [-0.39, 0.29) is 30.2 Å². The van der Waals surface area contributed by atoms with E-state index in [2.05, 4.69) is 0 Å². The van der Waals surface area contributed by atoms with Crippen molar-refractivity contribution >= 4 is 21.7 Å². The van der Waals surface area contributed by atoms with Gasteiger partial charge in [-0.2, -0.15) is 21.6 Å². The third-order valence-corrected chi connectivity index (χ3v) is 8.63. The highest BCUT2D eigenvalue weighted by molar-refractivity contribution is 7.87. The molecule has 0 bridgehead atoms. The molecule has 0 unspecified atom stereocenters. The van der Waals surface area contributed by atoms with Crippen molar-refractivity contribution < 1.29 is 35.3 Å². The van der Waals surface area contributed by atoms with Crippen LogP contribution in [-0.4, -0.2) is 51.6 Å². The Labute approximate surface area is 228 Å². The average molecular weight is 569 g/mol. The molecule has 0 radical (unpaired) electrons. The van der Waals surface area contributed by atoms with E-state index >= 15 is 0 Å². The molecule has 39 heavy (non-hydrogen) atoms. The highest BCUT2D eigenvalue weighted by Crippen LogP contribution is 2.35. The fraction of sp³-hybridized carbons (Fsp3) is 0.536. The molecule has 0 aromatic heterocycles. The van der Waals surface area contributed by atoms with Crippen molar-refractivity contribution in [3.05, 3.63) is 53.6 Å². The molecule has 11 heteroatoms. The number of rotatable bonds is 11. The third-order valence-electron chi connectivity index (χ3n) is 7.40. The number of anilines is 1. The van der Waals surface area contributed by atoms with Crippen LogP contribution in [-0.2, 0) is 32.4 Å². The first-order valence-corrected chi connectivity index (χ1v) is 14.8. The van der Waals surface area contributed by atoms with Gasteiger partial charge in [-0.15, -0.1) is 0 Å². The highest BCUT2D eigenvalue weighted by Gasteiger charge is 2.34. The largest absolute Gasteiger partial charge is 0.416 e. The predicted molar refractivity (Wildman–Crippen MR) is 141 cm³/mol. The molecule has 214 valence electrons. The van der Waals surface area contributed by atoms with Gasteiger partial charge in [-0.25, -0.2) is 0 Å². The SMILES string of the molecule is CCN(CC)c1ccc(CN(C[C@@H]2CCCO2)C(=O)C2CCC2)c(OS(=O)(=O)c2cccc(C(F)(F)F)c2)c1. The first-order chi connectivity index (χ1) is 18.5. The Kier molecular flexibility index (Phi) is 9.10. The molecule has 7 nitrogen and oxygen atoms in total. The summed E-state index contributed by atoms with van der Waals surface area (Å²) in [7, 11) is -4.61. The Hall–Kier alpha value is -2.79. The summed E-state index contributed by atoms with van der Waals surface area (Å²) in [5, 5.41) is 0. The summed E-state index contributed by atoms with van der Waals surface area (Å²) in [5.41, 5.74) is 0.0687. The topological polar surface area (TPSA) is 76.2 Å². The van der Waals surface area contributed by atoms with Crippen LogP contribution < -0.4 is 9.08 Å². The molecule has 1 saturated heterocycles. The Morgan fingerprint density at radius 3 is 2.38 bits per heavy atom. The molecule has 1 amide bonds. The highest BCUT2D eigenvalue weighted by atomic mass is 32.2. The van der Waals surface area contributed by atoms with E-state index in [1.165, 1.54) is 0 Å².